The first-order valence-corrected chi connectivity index (χ1v) is 11.6. The van der Waals surface area contributed by atoms with Crippen LogP contribution in [0.15, 0.2) is 42.5 Å². The predicted molar refractivity (Wildman–Crippen MR) is 126 cm³/mol. The van der Waals surface area contributed by atoms with Crippen molar-refractivity contribution in [1.29, 1.82) is 0 Å². The third-order valence-corrected chi connectivity index (χ3v) is 6.05. The van der Waals surface area contributed by atoms with E-state index in [2.05, 4.69) is 20.7 Å². The molecule has 9 heteroatoms. The van der Waals surface area contributed by atoms with Gasteiger partial charge >= 0.3 is 0 Å². The van der Waals surface area contributed by atoms with Crippen LogP contribution in [0.25, 0.3) is 11.4 Å². The minimum atomic E-state index is -0.359. The normalized spacial score (nSPS) is 14.1. The second kappa shape index (κ2) is 10.5. The molecule has 1 aliphatic rings. The number of halogens is 1. The standard InChI is InChI=1S/C25H29FN6O2/c1-17-8-13-22(18(2)14-17)31(15-23(33)27-21-6-4-3-5-7-21)24(34)16-32-29-25(28-30-32)19-9-11-20(26)12-10-19/h8-14,21H,3-7,15-16H2,1-2H3,(H,27,33). The Labute approximate surface area is 198 Å². The number of benzene rings is 2. The van der Waals surface area contributed by atoms with E-state index in [9.17, 15) is 14.0 Å². The molecule has 4 rings (SSSR count). The first-order chi connectivity index (χ1) is 16.4. The number of nitrogens with zero attached hydrogens (tertiary/aromatic N) is 5. The quantitative estimate of drug-likeness (QED) is 0.577. The van der Waals surface area contributed by atoms with Gasteiger partial charge in [0, 0.05) is 17.3 Å². The van der Waals surface area contributed by atoms with Crippen LogP contribution in [0.2, 0.25) is 0 Å². The number of hydrogen-bond acceptors (Lipinski definition) is 5. The molecule has 1 N–H and O–H groups in total. The Morgan fingerprint density at radius 3 is 2.53 bits per heavy atom. The van der Waals surface area contributed by atoms with E-state index in [4.69, 9.17) is 0 Å². The van der Waals surface area contributed by atoms with E-state index in [0.717, 1.165) is 36.8 Å². The second-order valence-corrected chi connectivity index (χ2v) is 8.82. The highest BCUT2D eigenvalue weighted by atomic mass is 19.1. The highest BCUT2D eigenvalue weighted by Gasteiger charge is 2.24. The molecule has 2 amide bonds. The maximum absolute atomic E-state index is 13.3. The molecule has 1 saturated carbocycles. The average molecular weight is 465 g/mol. The molecule has 178 valence electrons. The summed E-state index contributed by atoms with van der Waals surface area (Å²) in [5, 5.41) is 15.3. The summed E-state index contributed by atoms with van der Waals surface area (Å²) in [7, 11) is 0. The molecule has 1 aliphatic carbocycles. The molecule has 0 unspecified atom stereocenters. The van der Waals surface area contributed by atoms with E-state index in [1.54, 1.807) is 12.1 Å². The Bertz CT molecular complexity index is 1150. The molecule has 0 atom stereocenters. The van der Waals surface area contributed by atoms with Crippen molar-refractivity contribution in [3.63, 3.8) is 0 Å². The van der Waals surface area contributed by atoms with Crippen LogP contribution in [0.1, 0.15) is 43.2 Å². The van der Waals surface area contributed by atoms with Gasteiger partial charge in [-0.3, -0.25) is 9.59 Å². The fraction of sp³-hybridized carbons (Fsp3) is 0.400. The molecule has 1 aromatic heterocycles. The van der Waals surface area contributed by atoms with Crippen molar-refractivity contribution in [3.05, 3.63) is 59.4 Å². The van der Waals surface area contributed by atoms with Crippen molar-refractivity contribution in [1.82, 2.24) is 25.5 Å². The smallest absolute Gasteiger partial charge is 0.251 e. The van der Waals surface area contributed by atoms with Gasteiger partial charge in [-0.25, -0.2) is 4.39 Å². The summed E-state index contributed by atoms with van der Waals surface area (Å²) < 4.78 is 13.2. The number of amides is 2. The van der Waals surface area contributed by atoms with E-state index in [-0.39, 0.29) is 36.8 Å². The molecule has 0 aliphatic heterocycles. The van der Waals surface area contributed by atoms with Crippen LogP contribution >= 0.6 is 0 Å². The van der Waals surface area contributed by atoms with E-state index in [1.807, 2.05) is 32.0 Å². The molecule has 34 heavy (non-hydrogen) atoms. The fourth-order valence-corrected chi connectivity index (χ4v) is 4.31. The van der Waals surface area contributed by atoms with Crippen LogP contribution in [0.3, 0.4) is 0 Å². The van der Waals surface area contributed by atoms with Crippen LogP contribution in [0.5, 0.6) is 0 Å². The second-order valence-electron chi connectivity index (χ2n) is 8.82. The molecule has 8 nitrogen and oxygen atoms in total. The topological polar surface area (TPSA) is 93.0 Å². The van der Waals surface area contributed by atoms with Gasteiger partial charge in [-0.05, 0) is 67.8 Å². The van der Waals surface area contributed by atoms with Crippen LogP contribution in [0.4, 0.5) is 10.1 Å². The molecular formula is C25H29FN6O2. The summed E-state index contributed by atoms with van der Waals surface area (Å²) in [5.41, 5.74) is 3.24. The van der Waals surface area contributed by atoms with Crippen molar-refractivity contribution >= 4 is 17.5 Å². The minimum Gasteiger partial charge on any atom is -0.352 e. The number of aryl methyl sites for hydroxylation is 2. The zero-order chi connectivity index (χ0) is 24.1. The fourth-order valence-electron chi connectivity index (χ4n) is 4.31. The van der Waals surface area contributed by atoms with Crippen molar-refractivity contribution in [2.45, 2.75) is 58.5 Å². The van der Waals surface area contributed by atoms with Crippen molar-refractivity contribution in [2.75, 3.05) is 11.4 Å². The number of carbonyl (C=O) groups is 2. The van der Waals surface area contributed by atoms with Crippen LogP contribution in [-0.2, 0) is 16.1 Å². The lowest BCUT2D eigenvalue weighted by atomic mass is 9.95. The molecule has 0 spiro atoms. The number of rotatable bonds is 7. The van der Waals surface area contributed by atoms with Gasteiger partial charge in [0.1, 0.15) is 18.9 Å². The Kier molecular flexibility index (Phi) is 7.30. The van der Waals surface area contributed by atoms with Gasteiger partial charge in [-0.1, -0.05) is 37.0 Å². The molecule has 0 bridgehead atoms. The van der Waals surface area contributed by atoms with E-state index in [1.165, 1.54) is 28.2 Å². The number of anilines is 1. The third-order valence-electron chi connectivity index (χ3n) is 6.05. The Morgan fingerprint density at radius 2 is 1.82 bits per heavy atom. The van der Waals surface area contributed by atoms with Crippen LogP contribution < -0.4 is 10.2 Å². The third kappa shape index (κ3) is 5.84. The lowest BCUT2D eigenvalue weighted by Gasteiger charge is -2.27. The van der Waals surface area contributed by atoms with Gasteiger partial charge in [0.15, 0.2) is 0 Å². The lowest BCUT2D eigenvalue weighted by Crippen LogP contribution is -2.46. The summed E-state index contributed by atoms with van der Waals surface area (Å²) >= 11 is 0. The molecular weight excluding hydrogens is 435 g/mol. The van der Waals surface area contributed by atoms with Crippen molar-refractivity contribution < 1.29 is 14.0 Å². The van der Waals surface area contributed by atoms with Gasteiger partial charge in [0.25, 0.3) is 5.91 Å². The SMILES string of the molecule is Cc1ccc(N(CC(=O)NC2CCCCC2)C(=O)Cn2nnc(-c3ccc(F)cc3)n2)c(C)c1. The van der Waals surface area contributed by atoms with Gasteiger partial charge in [-0.15, -0.1) is 10.2 Å². The largest absolute Gasteiger partial charge is 0.352 e. The van der Waals surface area contributed by atoms with E-state index in [0.29, 0.717) is 17.1 Å². The summed E-state index contributed by atoms with van der Waals surface area (Å²) in [5.74, 6) is -0.574. The monoisotopic (exact) mass is 464 g/mol. The van der Waals surface area contributed by atoms with Gasteiger partial charge in [0.05, 0.1) is 0 Å². The zero-order valence-corrected chi connectivity index (χ0v) is 19.5. The summed E-state index contributed by atoms with van der Waals surface area (Å²) in [6.45, 7) is 3.63. The van der Waals surface area contributed by atoms with E-state index >= 15 is 0 Å². The number of tetrazole rings is 1. The van der Waals surface area contributed by atoms with Crippen LogP contribution in [-0.4, -0.2) is 44.6 Å². The average Bonchev–Trinajstić information content (AvgIpc) is 3.27. The number of hydrogen-bond donors (Lipinski definition) is 1. The molecule has 0 radical (unpaired) electrons. The molecule has 1 heterocycles. The first kappa shape index (κ1) is 23.5. The predicted octanol–water partition coefficient (Wildman–Crippen LogP) is 3.58. The Balaban J connectivity index is 1.51. The van der Waals surface area contributed by atoms with Crippen LogP contribution in [0, 0.1) is 19.7 Å². The first-order valence-electron chi connectivity index (χ1n) is 11.6. The molecule has 2 aromatic carbocycles. The lowest BCUT2D eigenvalue weighted by molar-refractivity contribution is -0.124. The maximum Gasteiger partial charge on any atom is 0.251 e. The summed E-state index contributed by atoms with van der Waals surface area (Å²) in [6.07, 6.45) is 5.36. The maximum atomic E-state index is 13.3. The number of aromatic nitrogens is 4. The zero-order valence-electron chi connectivity index (χ0n) is 19.5. The Hall–Kier alpha value is -3.62. The molecule has 3 aromatic rings. The highest BCUT2D eigenvalue weighted by Crippen LogP contribution is 2.22. The number of nitrogens with one attached hydrogen (secondary N) is 1. The van der Waals surface area contributed by atoms with Gasteiger partial charge in [-0.2, -0.15) is 4.80 Å². The molecule has 1 fully saturated rings. The summed E-state index contributed by atoms with van der Waals surface area (Å²) in [4.78, 5) is 28.9. The molecule has 0 saturated heterocycles. The summed E-state index contributed by atoms with van der Waals surface area (Å²) in [6, 6.07) is 11.6. The highest BCUT2D eigenvalue weighted by molar-refractivity contribution is 5.99. The van der Waals surface area contributed by atoms with E-state index < -0.39 is 0 Å². The van der Waals surface area contributed by atoms with Crippen molar-refractivity contribution in [3.8, 4) is 11.4 Å². The number of carbonyl (C=O) groups excluding carboxylic acids is 2. The van der Waals surface area contributed by atoms with Gasteiger partial charge < -0.3 is 10.2 Å². The Morgan fingerprint density at radius 1 is 1.09 bits per heavy atom. The minimum absolute atomic E-state index is 0.0846. The van der Waals surface area contributed by atoms with Crippen molar-refractivity contribution in [2.24, 2.45) is 0 Å². The van der Waals surface area contributed by atoms with Gasteiger partial charge in [0.2, 0.25) is 11.7 Å².